The van der Waals surface area contributed by atoms with Gasteiger partial charge in [0.2, 0.25) is 0 Å². The van der Waals surface area contributed by atoms with Crippen molar-refractivity contribution in [3.05, 3.63) is 99.8 Å². The molecule has 3 aromatic carbocycles. The molecule has 5 nitrogen and oxygen atoms in total. The number of hydrogen-bond donors (Lipinski definition) is 1. The van der Waals surface area contributed by atoms with Crippen LogP contribution in [0.1, 0.15) is 67.2 Å². The third-order valence-electron chi connectivity index (χ3n) is 5.70. The normalized spacial score (nSPS) is 12.2. The SMILES string of the molecule is CC[C@H](c1ccc(Cl)c(C(=O)c2ccc(OCc3ccccc3)cc2)c1F)N(C(=O)O)C(C)(C)C. The van der Waals surface area contributed by atoms with E-state index in [1.807, 2.05) is 30.3 Å². The van der Waals surface area contributed by atoms with E-state index >= 15 is 4.39 Å². The zero-order chi connectivity index (χ0) is 25.8. The van der Waals surface area contributed by atoms with Gasteiger partial charge >= 0.3 is 6.09 Å². The summed E-state index contributed by atoms with van der Waals surface area (Å²) in [6.07, 6.45) is -0.846. The lowest BCUT2D eigenvalue weighted by Crippen LogP contribution is -2.47. The predicted octanol–water partition coefficient (Wildman–Crippen LogP) is 7.52. The highest BCUT2D eigenvalue weighted by molar-refractivity contribution is 6.35. The number of halogens is 2. The van der Waals surface area contributed by atoms with E-state index in [0.717, 1.165) is 5.56 Å². The first-order valence-corrected chi connectivity index (χ1v) is 11.7. The maximum Gasteiger partial charge on any atom is 0.408 e. The highest BCUT2D eigenvalue weighted by Gasteiger charge is 2.35. The standard InChI is InChI=1S/C28H29ClFNO4/c1-5-23(31(27(33)34)28(2,3)4)21-15-16-22(29)24(25(21)30)26(32)19-11-13-20(14-12-19)35-17-18-9-7-6-8-10-18/h6-16,23H,5,17H2,1-4H3,(H,33,34)/t23-/m1/s1. The third-order valence-corrected chi connectivity index (χ3v) is 6.01. The smallest absolute Gasteiger partial charge is 0.408 e. The first-order chi connectivity index (χ1) is 16.5. The first-order valence-electron chi connectivity index (χ1n) is 11.4. The van der Waals surface area contributed by atoms with E-state index in [9.17, 15) is 14.7 Å². The first kappa shape index (κ1) is 26.2. The van der Waals surface area contributed by atoms with Crippen LogP contribution in [0.25, 0.3) is 0 Å². The lowest BCUT2D eigenvalue weighted by atomic mass is 9.93. The molecule has 0 aromatic heterocycles. The quantitative estimate of drug-likeness (QED) is 0.327. The van der Waals surface area contributed by atoms with Crippen LogP contribution in [-0.4, -0.2) is 27.4 Å². The molecule has 1 N–H and O–H groups in total. The van der Waals surface area contributed by atoms with Crippen LogP contribution in [0.4, 0.5) is 9.18 Å². The van der Waals surface area contributed by atoms with Gasteiger partial charge in [-0.3, -0.25) is 9.69 Å². The highest BCUT2D eigenvalue weighted by Crippen LogP contribution is 2.36. The summed E-state index contributed by atoms with van der Waals surface area (Å²) in [6, 6.07) is 18.2. The number of benzene rings is 3. The molecule has 7 heteroatoms. The largest absolute Gasteiger partial charge is 0.489 e. The molecule has 35 heavy (non-hydrogen) atoms. The third kappa shape index (κ3) is 6.01. The van der Waals surface area contributed by atoms with Gasteiger partial charge in [-0.05, 0) is 63.1 Å². The molecule has 0 radical (unpaired) electrons. The van der Waals surface area contributed by atoms with Gasteiger partial charge in [0.1, 0.15) is 18.2 Å². The van der Waals surface area contributed by atoms with Gasteiger partial charge in [0.25, 0.3) is 0 Å². The minimum atomic E-state index is -1.17. The second-order valence-electron chi connectivity index (χ2n) is 9.20. The maximum absolute atomic E-state index is 15.8. The lowest BCUT2D eigenvalue weighted by Gasteiger charge is -2.39. The Morgan fingerprint density at radius 2 is 1.66 bits per heavy atom. The van der Waals surface area contributed by atoms with E-state index in [0.29, 0.717) is 18.8 Å². The van der Waals surface area contributed by atoms with Gasteiger partial charge in [-0.1, -0.05) is 54.9 Å². The number of carbonyl (C=O) groups excluding carboxylic acids is 1. The molecular weight excluding hydrogens is 469 g/mol. The van der Waals surface area contributed by atoms with Crippen LogP contribution in [0.5, 0.6) is 5.75 Å². The van der Waals surface area contributed by atoms with Crippen molar-refractivity contribution in [3.8, 4) is 5.75 Å². The zero-order valence-electron chi connectivity index (χ0n) is 20.2. The number of hydrogen-bond acceptors (Lipinski definition) is 3. The topological polar surface area (TPSA) is 66.8 Å². The summed E-state index contributed by atoms with van der Waals surface area (Å²) in [5.41, 5.74) is 0.307. The Balaban J connectivity index is 1.90. The molecule has 0 aliphatic rings. The average molecular weight is 498 g/mol. The average Bonchev–Trinajstić information content (AvgIpc) is 2.81. The van der Waals surface area contributed by atoms with Crippen LogP contribution in [0.15, 0.2) is 66.7 Å². The number of carboxylic acid groups (broad SMARTS) is 1. The summed E-state index contributed by atoms with van der Waals surface area (Å²) in [5.74, 6) is -0.829. The Morgan fingerprint density at radius 3 is 2.20 bits per heavy atom. The summed E-state index contributed by atoms with van der Waals surface area (Å²) < 4.78 is 21.5. The second kappa shape index (κ2) is 10.9. The van der Waals surface area contributed by atoms with E-state index in [2.05, 4.69) is 0 Å². The fourth-order valence-corrected chi connectivity index (χ4v) is 4.28. The van der Waals surface area contributed by atoms with Gasteiger partial charge in [-0.25, -0.2) is 9.18 Å². The Labute approximate surface area is 210 Å². The Morgan fingerprint density at radius 1 is 1.03 bits per heavy atom. The van der Waals surface area contributed by atoms with Crippen LogP contribution >= 0.6 is 11.6 Å². The molecule has 0 spiro atoms. The minimum absolute atomic E-state index is 0.0341. The van der Waals surface area contributed by atoms with Crippen molar-refractivity contribution >= 4 is 23.5 Å². The van der Waals surface area contributed by atoms with Gasteiger partial charge in [0.15, 0.2) is 5.78 Å². The molecule has 3 rings (SSSR count). The Bertz CT molecular complexity index is 1190. The van der Waals surface area contributed by atoms with Crippen LogP contribution in [0, 0.1) is 5.82 Å². The van der Waals surface area contributed by atoms with Gasteiger partial charge in [-0.2, -0.15) is 0 Å². The molecule has 0 saturated carbocycles. The number of ketones is 1. The predicted molar refractivity (Wildman–Crippen MR) is 135 cm³/mol. The van der Waals surface area contributed by atoms with E-state index in [-0.39, 0.29) is 21.7 Å². The van der Waals surface area contributed by atoms with E-state index in [1.54, 1.807) is 52.0 Å². The van der Waals surface area contributed by atoms with Crippen LogP contribution in [0.3, 0.4) is 0 Å². The molecule has 0 unspecified atom stereocenters. The van der Waals surface area contributed by atoms with E-state index in [1.165, 1.54) is 17.0 Å². The second-order valence-corrected chi connectivity index (χ2v) is 9.61. The summed E-state index contributed by atoms with van der Waals surface area (Å²) in [4.78, 5) is 26.5. The van der Waals surface area contributed by atoms with Crippen molar-refractivity contribution in [1.29, 1.82) is 0 Å². The maximum atomic E-state index is 15.8. The van der Waals surface area contributed by atoms with Crippen LogP contribution in [-0.2, 0) is 6.61 Å². The summed E-state index contributed by atoms with van der Waals surface area (Å²) in [6.45, 7) is 7.38. The molecule has 0 aliphatic heterocycles. The number of carbonyl (C=O) groups is 2. The molecule has 0 bridgehead atoms. The summed E-state index contributed by atoms with van der Waals surface area (Å²) >= 11 is 6.26. The molecule has 0 fully saturated rings. The fraction of sp³-hybridized carbons (Fsp3) is 0.286. The number of nitrogens with zero attached hydrogens (tertiary/aromatic N) is 1. The Kier molecular flexibility index (Phi) is 8.18. The molecule has 0 heterocycles. The Hall–Kier alpha value is -3.38. The minimum Gasteiger partial charge on any atom is -0.489 e. The van der Waals surface area contributed by atoms with Crippen molar-refractivity contribution in [3.63, 3.8) is 0 Å². The number of ether oxygens (including phenoxy) is 1. The number of rotatable bonds is 8. The zero-order valence-corrected chi connectivity index (χ0v) is 21.0. The molecule has 3 aromatic rings. The molecule has 184 valence electrons. The molecule has 1 amide bonds. The van der Waals surface area contributed by atoms with E-state index in [4.69, 9.17) is 16.3 Å². The van der Waals surface area contributed by atoms with Crippen molar-refractivity contribution < 1.29 is 23.8 Å². The van der Waals surface area contributed by atoms with Crippen LogP contribution < -0.4 is 4.74 Å². The molecule has 0 saturated heterocycles. The van der Waals surface area contributed by atoms with Gasteiger partial charge in [-0.15, -0.1) is 0 Å². The van der Waals surface area contributed by atoms with Crippen molar-refractivity contribution in [2.45, 2.75) is 52.3 Å². The fourth-order valence-electron chi connectivity index (χ4n) is 4.05. The lowest BCUT2D eigenvalue weighted by molar-refractivity contribution is 0.0671. The van der Waals surface area contributed by atoms with Crippen LogP contribution in [0.2, 0.25) is 5.02 Å². The van der Waals surface area contributed by atoms with Crippen molar-refractivity contribution in [1.82, 2.24) is 4.90 Å². The van der Waals surface area contributed by atoms with E-state index < -0.39 is 29.3 Å². The number of amides is 1. The van der Waals surface area contributed by atoms with Crippen molar-refractivity contribution in [2.24, 2.45) is 0 Å². The molecular formula is C28H29ClFNO4. The molecule has 0 aliphatic carbocycles. The summed E-state index contributed by atoms with van der Waals surface area (Å²) in [5, 5.41) is 9.78. The van der Waals surface area contributed by atoms with Gasteiger partial charge in [0, 0.05) is 16.7 Å². The highest BCUT2D eigenvalue weighted by atomic mass is 35.5. The summed E-state index contributed by atoms with van der Waals surface area (Å²) in [7, 11) is 0. The monoisotopic (exact) mass is 497 g/mol. The van der Waals surface area contributed by atoms with Gasteiger partial charge in [0.05, 0.1) is 16.6 Å². The van der Waals surface area contributed by atoms with Gasteiger partial charge < -0.3 is 9.84 Å². The molecule has 1 atom stereocenters. The van der Waals surface area contributed by atoms with Crippen molar-refractivity contribution in [2.75, 3.05) is 0 Å².